The summed E-state index contributed by atoms with van der Waals surface area (Å²) in [5.74, 6) is 0.275. The first-order valence-electron chi connectivity index (χ1n) is 9.03. The van der Waals surface area contributed by atoms with Crippen molar-refractivity contribution >= 4 is 39.9 Å². The molecule has 8 heteroatoms. The number of carbonyl (C=O) groups excluding carboxylic acids is 1. The molecule has 1 aliphatic rings. The van der Waals surface area contributed by atoms with Crippen molar-refractivity contribution in [3.63, 3.8) is 0 Å². The van der Waals surface area contributed by atoms with E-state index in [0.717, 1.165) is 5.82 Å². The molecule has 1 N–H and O–H groups in total. The van der Waals surface area contributed by atoms with Crippen LogP contribution in [0.2, 0.25) is 5.02 Å². The number of fused-ring (bicyclic) bond motifs is 1. The summed E-state index contributed by atoms with van der Waals surface area (Å²) in [4.78, 5) is 24.9. The summed E-state index contributed by atoms with van der Waals surface area (Å²) < 4.78 is 14.0. The number of rotatable bonds is 4. The van der Waals surface area contributed by atoms with E-state index < -0.39 is 0 Å². The quantitative estimate of drug-likeness (QED) is 0.730. The number of aromatic nitrogens is 2. The maximum atomic E-state index is 14.0. The maximum absolute atomic E-state index is 14.0. The summed E-state index contributed by atoms with van der Waals surface area (Å²) in [6.07, 6.45) is 1.39. The highest BCUT2D eigenvalue weighted by molar-refractivity contribution is 6.33. The Labute approximate surface area is 166 Å². The monoisotopic (exact) mass is 399 g/mol. The van der Waals surface area contributed by atoms with E-state index in [0.29, 0.717) is 47.8 Å². The van der Waals surface area contributed by atoms with E-state index in [4.69, 9.17) is 11.6 Å². The number of para-hydroxylation sites is 2. The summed E-state index contributed by atoms with van der Waals surface area (Å²) in [5, 5.41) is 4.06. The molecular formula is C20H19ClFN5O. The molecule has 1 amide bonds. The Balaban J connectivity index is 1.38. The van der Waals surface area contributed by atoms with Gasteiger partial charge in [0.25, 0.3) is 0 Å². The summed E-state index contributed by atoms with van der Waals surface area (Å²) >= 11 is 6.08. The van der Waals surface area contributed by atoms with Gasteiger partial charge in [0.1, 0.15) is 23.5 Å². The SMILES string of the molecule is O=C(CN1CCN(c2ncnc3c(F)cccc23)CC1)Nc1ccccc1Cl. The Kier molecular flexibility index (Phi) is 5.36. The lowest BCUT2D eigenvalue weighted by Crippen LogP contribution is -2.49. The molecule has 2 heterocycles. The van der Waals surface area contributed by atoms with Gasteiger partial charge in [-0.25, -0.2) is 14.4 Å². The summed E-state index contributed by atoms with van der Waals surface area (Å²) in [6, 6.07) is 12.1. The van der Waals surface area contributed by atoms with Gasteiger partial charge < -0.3 is 10.2 Å². The zero-order chi connectivity index (χ0) is 19.5. The molecule has 0 bridgehead atoms. The molecule has 1 aliphatic heterocycles. The lowest BCUT2D eigenvalue weighted by atomic mass is 10.2. The fourth-order valence-corrected chi connectivity index (χ4v) is 3.55. The molecular weight excluding hydrogens is 381 g/mol. The zero-order valence-electron chi connectivity index (χ0n) is 15.1. The van der Waals surface area contributed by atoms with E-state index in [1.54, 1.807) is 18.2 Å². The molecule has 4 rings (SSSR count). The number of amides is 1. The molecule has 1 aromatic heterocycles. The van der Waals surface area contributed by atoms with E-state index in [1.165, 1.54) is 12.4 Å². The van der Waals surface area contributed by atoms with Crippen molar-refractivity contribution in [3.8, 4) is 0 Å². The highest BCUT2D eigenvalue weighted by atomic mass is 35.5. The second kappa shape index (κ2) is 8.08. The number of piperazine rings is 1. The average molecular weight is 400 g/mol. The van der Waals surface area contributed by atoms with E-state index in [2.05, 4.69) is 25.1 Å². The van der Waals surface area contributed by atoms with E-state index in [1.807, 2.05) is 18.2 Å². The van der Waals surface area contributed by atoms with Crippen molar-refractivity contribution in [3.05, 3.63) is 59.6 Å². The van der Waals surface area contributed by atoms with Crippen LogP contribution in [0.15, 0.2) is 48.8 Å². The highest BCUT2D eigenvalue weighted by Crippen LogP contribution is 2.25. The third kappa shape index (κ3) is 3.90. The van der Waals surface area contributed by atoms with Crippen molar-refractivity contribution in [2.75, 3.05) is 42.9 Å². The number of carbonyl (C=O) groups is 1. The zero-order valence-corrected chi connectivity index (χ0v) is 15.9. The van der Waals surface area contributed by atoms with Gasteiger partial charge in [-0.1, -0.05) is 29.8 Å². The van der Waals surface area contributed by atoms with Crippen molar-refractivity contribution in [2.24, 2.45) is 0 Å². The van der Waals surface area contributed by atoms with Crippen LogP contribution >= 0.6 is 11.6 Å². The second-order valence-electron chi connectivity index (χ2n) is 6.62. The molecule has 0 aliphatic carbocycles. The van der Waals surface area contributed by atoms with Crippen LogP contribution in [-0.2, 0) is 4.79 Å². The number of anilines is 2. The molecule has 6 nitrogen and oxygen atoms in total. The van der Waals surface area contributed by atoms with Gasteiger partial charge in [-0.3, -0.25) is 9.69 Å². The van der Waals surface area contributed by atoms with Crippen LogP contribution in [0.1, 0.15) is 0 Å². The molecule has 0 saturated carbocycles. The van der Waals surface area contributed by atoms with Crippen molar-refractivity contribution in [2.45, 2.75) is 0 Å². The van der Waals surface area contributed by atoms with Crippen LogP contribution in [0.4, 0.5) is 15.9 Å². The summed E-state index contributed by atoms with van der Waals surface area (Å²) in [7, 11) is 0. The topological polar surface area (TPSA) is 61.4 Å². The number of halogens is 2. The predicted molar refractivity (Wildman–Crippen MR) is 108 cm³/mol. The Morgan fingerprint density at radius 3 is 2.64 bits per heavy atom. The minimum atomic E-state index is -0.351. The molecule has 2 aromatic carbocycles. The van der Waals surface area contributed by atoms with Crippen molar-refractivity contribution in [1.29, 1.82) is 0 Å². The standard InChI is InChI=1S/C20H19ClFN5O/c21-15-5-1-2-7-17(15)25-18(28)12-26-8-10-27(11-9-26)20-14-4-3-6-16(22)19(14)23-13-24-20/h1-7,13H,8-12H2,(H,25,28). The van der Waals surface area contributed by atoms with Gasteiger partial charge in [-0.2, -0.15) is 0 Å². The van der Waals surface area contributed by atoms with Crippen LogP contribution in [0.5, 0.6) is 0 Å². The number of hydrogen-bond acceptors (Lipinski definition) is 5. The Morgan fingerprint density at radius 2 is 1.86 bits per heavy atom. The first-order valence-corrected chi connectivity index (χ1v) is 9.40. The number of nitrogens with one attached hydrogen (secondary N) is 1. The third-order valence-electron chi connectivity index (χ3n) is 4.78. The first kappa shape index (κ1) is 18.6. The largest absolute Gasteiger partial charge is 0.353 e. The highest BCUT2D eigenvalue weighted by Gasteiger charge is 2.22. The van der Waals surface area contributed by atoms with Gasteiger partial charge in [0.05, 0.1) is 17.3 Å². The van der Waals surface area contributed by atoms with Crippen molar-refractivity contribution in [1.82, 2.24) is 14.9 Å². The summed E-state index contributed by atoms with van der Waals surface area (Å²) in [6.45, 7) is 3.09. The number of hydrogen-bond donors (Lipinski definition) is 1. The number of benzene rings is 2. The maximum Gasteiger partial charge on any atom is 0.238 e. The van der Waals surface area contributed by atoms with Crippen molar-refractivity contribution < 1.29 is 9.18 Å². The minimum Gasteiger partial charge on any atom is -0.353 e. The molecule has 0 unspecified atom stereocenters. The van der Waals surface area contributed by atoms with Gasteiger partial charge in [-0.05, 0) is 24.3 Å². The van der Waals surface area contributed by atoms with Gasteiger partial charge in [0, 0.05) is 31.6 Å². The predicted octanol–water partition coefficient (Wildman–Crippen LogP) is 3.18. The molecule has 1 fully saturated rings. The molecule has 1 saturated heterocycles. The van der Waals surface area contributed by atoms with Crippen LogP contribution < -0.4 is 10.2 Å². The molecule has 144 valence electrons. The fraction of sp³-hybridized carbons (Fsp3) is 0.250. The van der Waals surface area contributed by atoms with E-state index in [-0.39, 0.29) is 18.3 Å². The minimum absolute atomic E-state index is 0.101. The van der Waals surface area contributed by atoms with Gasteiger partial charge in [-0.15, -0.1) is 0 Å². The third-order valence-corrected chi connectivity index (χ3v) is 5.11. The van der Waals surface area contributed by atoms with Gasteiger partial charge in [0.15, 0.2) is 0 Å². The smallest absolute Gasteiger partial charge is 0.238 e. The average Bonchev–Trinajstić information content (AvgIpc) is 2.70. The Bertz CT molecular complexity index is 1010. The summed E-state index contributed by atoms with van der Waals surface area (Å²) in [5.41, 5.74) is 0.941. The molecule has 0 radical (unpaired) electrons. The lowest BCUT2D eigenvalue weighted by Gasteiger charge is -2.35. The van der Waals surface area contributed by atoms with Crippen LogP contribution in [0, 0.1) is 5.82 Å². The van der Waals surface area contributed by atoms with E-state index in [9.17, 15) is 9.18 Å². The van der Waals surface area contributed by atoms with Crippen LogP contribution in [-0.4, -0.2) is 53.5 Å². The van der Waals surface area contributed by atoms with Crippen LogP contribution in [0.3, 0.4) is 0 Å². The van der Waals surface area contributed by atoms with Gasteiger partial charge in [0.2, 0.25) is 5.91 Å². The normalized spacial score (nSPS) is 15.0. The number of nitrogens with zero attached hydrogens (tertiary/aromatic N) is 4. The Hall–Kier alpha value is -2.77. The molecule has 28 heavy (non-hydrogen) atoms. The van der Waals surface area contributed by atoms with Crippen LogP contribution in [0.25, 0.3) is 10.9 Å². The molecule has 3 aromatic rings. The second-order valence-corrected chi connectivity index (χ2v) is 7.03. The van der Waals surface area contributed by atoms with E-state index >= 15 is 0 Å². The first-order chi connectivity index (χ1) is 13.6. The molecule has 0 atom stereocenters. The lowest BCUT2D eigenvalue weighted by molar-refractivity contribution is -0.117. The Morgan fingerprint density at radius 1 is 1.07 bits per heavy atom. The van der Waals surface area contributed by atoms with Gasteiger partial charge >= 0.3 is 0 Å². The molecule has 0 spiro atoms. The fourth-order valence-electron chi connectivity index (χ4n) is 3.36.